The number of amides is 1. The van der Waals surface area contributed by atoms with E-state index < -0.39 is 18.6 Å². The van der Waals surface area contributed by atoms with Crippen LogP contribution in [0.1, 0.15) is 0 Å². The minimum absolute atomic E-state index is 0.00173. The first kappa shape index (κ1) is 12.9. The van der Waals surface area contributed by atoms with Gasteiger partial charge in [0, 0.05) is 0 Å². The second-order valence-corrected chi connectivity index (χ2v) is 4.56. The molecule has 0 aromatic heterocycles. The molecule has 0 spiro atoms. The number of alkyl halides is 3. The van der Waals surface area contributed by atoms with E-state index in [1.807, 2.05) is 0 Å². The summed E-state index contributed by atoms with van der Waals surface area (Å²) in [5.41, 5.74) is 0.530. The van der Waals surface area contributed by atoms with E-state index >= 15 is 0 Å². The molecule has 0 radical (unpaired) electrons. The zero-order valence-corrected chi connectivity index (χ0v) is 9.96. The first-order valence-electron chi connectivity index (χ1n) is 5.09. The Morgan fingerprint density at radius 1 is 1.28 bits per heavy atom. The van der Waals surface area contributed by atoms with E-state index in [0.717, 1.165) is 11.8 Å². The lowest BCUT2D eigenvalue weighted by Crippen LogP contribution is -2.38. The van der Waals surface area contributed by atoms with Gasteiger partial charge in [0.25, 0.3) is 0 Å². The van der Waals surface area contributed by atoms with E-state index in [1.54, 1.807) is 30.3 Å². The summed E-state index contributed by atoms with van der Waals surface area (Å²) in [5.74, 6) is -0.561. The normalized spacial score (nSPS) is 18.7. The molecule has 0 N–H and O–H groups in total. The molecular weight excluding hydrogens is 265 g/mol. The molecule has 1 amide bonds. The summed E-state index contributed by atoms with van der Waals surface area (Å²) in [4.78, 5) is 16.1. The summed E-state index contributed by atoms with van der Waals surface area (Å²) < 4.78 is 37.0. The lowest BCUT2D eigenvalue weighted by molar-refractivity contribution is -0.150. The van der Waals surface area contributed by atoms with Crippen molar-refractivity contribution in [3.63, 3.8) is 0 Å². The molecule has 96 valence electrons. The fourth-order valence-electron chi connectivity index (χ4n) is 1.43. The Morgan fingerprint density at radius 2 is 1.94 bits per heavy atom. The number of hydrogen-bond acceptors (Lipinski definition) is 3. The predicted molar refractivity (Wildman–Crippen MR) is 63.8 cm³/mol. The molecule has 1 aromatic carbocycles. The standard InChI is InChI=1S/C11H9F3N2OS/c12-11(13,14)7-16-9(17)6-18-10(16)15-8-4-2-1-3-5-8/h1-5H,6-7H2. The van der Waals surface area contributed by atoms with Crippen LogP contribution >= 0.6 is 11.8 Å². The summed E-state index contributed by atoms with van der Waals surface area (Å²) in [7, 11) is 0. The quantitative estimate of drug-likeness (QED) is 0.830. The van der Waals surface area contributed by atoms with Crippen LogP contribution in [0.4, 0.5) is 18.9 Å². The van der Waals surface area contributed by atoms with E-state index in [0.29, 0.717) is 10.6 Å². The van der Waals surface area contributed by atoms with Crippen LogP contribution in [0.15, 0.2) is 35.3 Å². The third kappa shape index (κ3) is 3.25. The van der Waals surface area contributed by atoms with Gasteiger partial charge in [0.15, 0.2) is 5.17 Å². The van der Waals surface area contributed by atoms with Gasteiger partial charge in [-0.25, -0.2) is 4.99 Å². The summed E-state index contributed by atoms with van der Waals surface area (Å²) in [5, 5.41) is 0.100. The van der Waals surface area contributed by atoms with Crippen molar-refractivity contribution in [2.75, 3.05) is 12.3 Å². The topological polar surface area (TPSA) is 32.7 Å². The van der Waals surface area contributed by atoms with E-state index in [2.05, 4.69) is 4.99 Å². The molecule has 1 fully saturated rings. The number of carbonyl (C=O) groups excluding carboxylic acids is 1. The maximum absolute atomic E-state index is 12.3. The Morgan fingerprint density at radius 3 is 2.56 bits per heavy atom. The van der Waals surface area contributed by atoms with E-state index in [4.69, 9.17) is 0 Å². The van der Waals surface area contributed by atoms with Crippen molar-refractivity contribution in [1.29, 1.82) is 0 Å². The molecule has 0 unspecified atom stereocenters. The lowest BCUT2D eigenvalue weighted by atomic mass is 10.3. The zero-order valence-electron chi connectivity index (χ0n) is 9.15. The second-order valence-electron chi connectivity index (χ2n) is 3.61. The van der Waals surface area contributed by atoms with Gasteiger partial charge >= 0.3 is 6.18 Å². The molecule has 0 aliphatic carbocycles. The highest BCUT2D eigenvalue weighted by atomic mass is 32.2. The van der Waals surface area contributed by atoms with Crippen LogP contribution in [0.25, 0.3) is 0 Å². The Bertz CT molecular complexity index is 473. The molecule has 0 atom stereocenters. The largest absolute Gasteiger partial charge is 0.406 e. The van der Waals surface area contributed by atoms with Crippen LogP contribution in [0, 0.1) is 0 Å². The molecule has 1 aliphatic rings. The second kappa shape index (κ2) is 5.01. The van der Waals surface area contributed by atoms with Crippen LogP contribution in [-0.2, 0) is 4.79 Å². The van der Waals surface area contributed by atoms with Gasteiger partial charge in [0.1, 0.15) is 6.54 Å². The molecule has 1 aromatic rings. The zero-order chi connectivity index (χ0) is 13.2. The van der Waals surface area contributed by atoms with Gasteiger partial charge in [0.2, 0.25) is 5.91 Å². The first-order chi connectivity index (χ1) is 8.46. The van der Waals surface area contributed by atoms with Crippen molar-refractivity contribution in [3.8, 4) is 0 Å². The number of thioether (sulfide) groups is 1. The van der Waals surface area contributed by atoms with Crippen LogP contribution in [0.3, 0.4) is 0 Å². The van der Waals surface area contributed by atoms with Gasteiger partial charge < -0.3 is 0 Å². The number of carbonyl (C=O) groups is 1. The highest BCUT2D eigenvalue weighted by Gasteiger charge is 2.38. The van der Waals surface area contributed by atoms with Crippen LogP contribution in [-0.4, -0.2) is 34.4 Å². The Hall–Kier alpha value is -1.50. The summed E-state index contributed by atoms with van der Waals surface area (Å²) >= 11 is 1.02. The minimum atomic E-state index is -4.42. The number of rotatable bonds is 2. The smallest absolute Gasteiger partial charge is 0.281 e. The van der Waals surface area contributed by atoms with Gasteiger partial charge in [-0.15, -0.1) is 0 Å². The van der Waals surface area contributed by atoms with Crippen molar-refractivity contribution < 1.29 is 18.0 Å². The van der Waals surface area contributed by atoms with Crippen molar-refractivity contribution in [3.05, 3.63) is 30.3 Å². The fourth-order valence-corrected chi connectivity index (χ4v) is 2.33. The third-order valence-electron chi connectivity index (χ3n) is 2.18. The van der Waals surface area contributed by atoms with E-state index in [9.17, 15) is 18.0 Å². The predicted octanol–water partition coefficient (Wildman–Crippen LogP) is 2.81. The van der Waals surface area contributed by atoms with Gasteiger partial charge in [-0.2, -0.15) is 13.2 Å². The molecule has 1 aliphatic heterocycles. The van der Waals surface area contributed by atoms with E-state index in [1.165, 1.54) is 0 Å². The summed E-state index contributed by atoms with van der Waals surface area (Å²) in [6.07, 6.45) is -4.42. The van der Waals surface area contributed by atoms with Gasteiger partial charge in [0.05, 0.1) is 11.4 Å². The van der Waals surface area contributed by atoms with E-state index in [-0.39, 0.29) is 10.9 Å². The molecule has 2 rings (SSSR count). The molecule has 1 heterocycles. The maximum atomic E-state index is 12.3. The SMILES string of the molecule is O=C1CSC(=Nc2ccccc2)N1CC(F)(F)F. The van der Waals surface area contributed by atoms with Crippen molar-refractivity contribution in [1.82, 2.24) is 4.90 Å². The third-order valence-corrected chi connectivity index (χ3v) is 3.14. The Labute approximate surface area is 106 Å². The number of nitrogens with zero attached hydrogens (tertiary/aromatic N) is 2. The highest BCUT2D eigenvalue weighted by molar-refractivity contribution is 8.15. The van der Waals surface area contributed by atoms with Crippen molar-refractivity contribution >= 4 is 28.5 Å². The average Bonchev–Trinajstić information content (AvgIpc) is 2.61. The van der Waals surface area contributed by atoms with Gasteiger partial charge in [-0.1, -0.05) is 30.0 Å². The Balaban J connectivity index is 2.22. The number of halogens is 3. The molecular formula is C11H9F3N2OS. The summed E-state index contributed by atoms with van der Waals surface area (Å²) in [6, 6.07) is 8.58. The van der Waals surface area contributed by atoms with Gasteiger partial charge in [-0.05, 0) is 12.1 Å². The van der Waals surface area contributed by atoms with Crippen LogP contribution < -0.4 is 0 Å². The van der Waals surface area contributed by atoms with Gasteiger partial charge in [-0.3, -0.25) is 9.69 Å². The number of aliphatic imine (C=N–C) groups is 1. The minimum Gasteiger partial charge on any atom is -0.281 e. The number of para-hydroxylation sites is 1. The maximum Gasteiger partial charge on any atom is 0.406 e. The van der Waals surface area contributed by atoms with Crippen LogP contribution in [0.2, 0.25) is 0 Å². The molecule has 1 saturated heterocycles. The molecule has 0 saturated carbocycles. The monoisotopic (exact) mass is 274 g/mol. The summed E-state index contributed by atoms with van der Waals surface area (Å²) in [6.45, 7) is -1.29. The highest BCUT2D eigenvalue weighted by Crippen LogP contribution is 2.27. The fraction of sp³-hybridized carbons (Fsp3) is 0.273. The molecule has 3 nitrogen and oxygen atoms in total. The number of hydrogen-bond donors (Lipinski definition) is 0. The number of benzene rings is 1. The molecule has 7 heteroatoms. The van der Waals surface area contributed by atoms with Crippen molar-refractivity contribution in [2.24, 2.45) is 4.99 Å². The van der Waals surface area contributed by atoms with Crippen molar-refractivity contribution in [2.45, 2.75) is 6.18 Å². The molecule has 0 bridgehead atoms. The lowest BCUT2D eigenvalue weighted by Gasteiger charge is -2.17. The number of amidine groups is 1. The Kier molecular flexibility index (Phi) is 3.60. The molecule has 18 heavy (non-hydrogen) atoms. The van der Waals surface area contributed by atoms with Crippen LogP contribution in [0.5, 0.6) is 0 Å². The average molecular weight is 274 g/mol. The first-order valence-corrected chi connectivity index (χ1v) is 6.08.